The van der Waals surface area contributed by atoms with Crippen molar-refractivity contribution < 1.29 is 24.3 Å². The molecule has 0 bridgehead atoms. The molecule has 0 unspecified atom stereocenters. The number of nitrogens with zero attached hydrogens (tertiary/aromatic N) is 5. The lowest BCUT2D eigenvalue weighted by molar-refractivity contribution is -0.122. The van der Waals surface area contributed by atoms with Gasteiger partial charge in [0.2, 0.25) is 5.54 Å². The average molecular weight is 518 g/mol. The summed E-state index contributed by atoms with van der Waals surface area (Å²) in [4.78, 5) is 48.0. The number of carbonyl (C=O) groups is 3. The number of oxime groups is 1. The molecular weight excluding hydrogens is 490 g/mol. The van der Waals surface area contributed by atoms with Crippen LogP contribution in [0.2, 0.25) is 0 Å². The zero-order valence-corrected chi connectivity index (χ0v) is 21.0. The summed E-state index contributed by atoms with van der Waals surface area (Å²) in [5.41, 5.74) is 0.622. The number of benzene rings is 1. The van der Waals surface area contributed by atoms with Gasteiger partial charge in [-0.25, -0.2) is 4.79 Å². The van der Waals surface area contributed by atoms with Crippen molar-refractivity contribution in [3.8, 4) is 17.6 Å². The molecule has 12 nitrogen and oxygen atoms in total. The van der Waals surface area contributed by atoms with Gasteiger partial charge in [0.25, 0.3) is 11.8 Å². The summed E-state index contributed by atoms with van der Waals surface area (Å²) in [5.74, 6) is 5.80. The van der Waals surface area contributed by atoms with Gasteiger partial charge in [-0.15, -0.1) is 0 Å². The fourth-order valence-corrected chi connectivity index (χ4v) is 4.69. The first-order valence-corrected chi connectivity index (χ1v) is 12.1. The van der Waals surface area contributed by atoms with Crippen molar-refractivity contribution in [1.82, 2.24) is 30.3 Å². The van der Waals surface area contributed by atoms with E-state index in [1.54, 1.807) is 30.3 Å². The number of carbonyl (C=O) groups excluding carboxylic acids is 3. The summed E-state index contributed by atoms with van der Waals surface area (Å²) in [6.07, 6.45) is 1.51. The molecule has 3 N–H and O–H groups in total. The van der Waals surface area contributed by atoms with Crippen molar-refractivity contribution in [2.75, 3.05) is 46.9 Å². The van der Waals surface area contributed by atoms with Gasteiger partial charge in [0.1, 0.15) is 11.4 Å². The molecular formula is C26H27N7O5. The predicted octanol–water partition coefficient (Wildman–Crippen LogP) is 0.0591. The molecule has 3 aliphatic rings. The van der Waals surface area contributed by atoms with Gasteiger partial charge < -0.3 is 30.0 Å². The van der Waals surface area contributed by atoms with Gasteiger partial charge in [-0.3, -0.25) is 19.9 Å². The van der Waals surface area contributed by atoms with Gasteiger partial charge in [-0.05, 0) is 36.9 Å². The topological polar surface area (TPSA) is 140 Å². The van der Waals surface area contributed by atoms with Crippen LogP contribution in [0.15, 0.2) is 41.7 Å². The minimum atomic E-state index is -1.63. The molecule has 12 heteroatoms. The lowest BCUT2D eigenvalue weighted by Crippen LogP contribution is -2.54. The number of amidine groups is 1. The summed E-state index contributed by atoms with van der Waals surface area (Å²) >= 11 is 0. The van der Waals surface area contributed by atoms with Crippen LogP contribution in [0.4, 0.5) is 4.79 Å². The predicted molar refractivity (Wildman–Crippen MR) is 136 cm³/mol. The van der Waals surface area contributed by atoms with E-state index in [4.69, 9.17) is 4.74 Å². The Balaban J connectivity index is 1.36. The smallest absolute Gasteiger partial charge is 0.323 e. The molecule has 5 rings (SSSR count). The van der Waals surface area contributed by atoms with Crippen LogP contribution in [-0.4, -0.2) is 101 Å². The zero-order valence-electron chi connectivity index (χ0n) is 21.0. The van der Waals surface area contributed by atoms with Crippen molar-refractivity contribution in [3.63, 3.8) is 0 Å². The Morgan fingerprint density at radius 1 is 1.18 bits per heavy atom. The highest BCUT2D eigenvalue weighted by atomic mass is 16.5. The van der Waals surface area contributed by atoms with Crippen LogP contribution >= 0.6 is 0 Å². The number of methoxy groups -OCH3 is 1. The summed E-state index contributed by atoms with van der Waals surface area (Å²) < 4.78 is 5.22. The number of fused-ring (bicyclic) bond motifs is 1. The van der Waals surface area contributed by atoms with E-state index in [9.17, 15) is 19.6 Å². The number of aromatic nitrogens is 1. The molecule has 1 aromatic heterocycles. The van der Waals surface area contributed by atoms with Crippen molar-refractivity contribution in [1.29, 1.82) is 0 Å². The molecule has 1 atom stereocenters. The Bertz CT molecular complexity index is 1370. The first kappa shape index (κ1) is 25.0. The number of rotatable bonds is 4. The van der Waals surface area contributed by atoms with E-state index < -0.39 is 17.5 Å². The van der Waals surface area contributed by atoms with E-state index in [1.165, 1.54) is 18.2 Å². The molecule has 3 aliphatic heterocycles. The first-order valence-electron chi connectivity index (χ1n) is 12.1. The second-order valence-electron chi connectivity index (χ2n) is 9.39. The van der Waals surface area contributed by atoms with Gasteiger partial charge >= 0.3 is 6.03 Å². The van der Waals surface area contributed by atoms with Crippen molar-refractivity contribution in [3.05, 3.63) is 58.9 Å². The second-order valence-corrected chi connectivity index (χ2v) is 9.39. The molecule has 0 radical (unpaired) electrons. The molecule has 2 aromatic rings. The third-order valence-electron chi connectivity index (χ3n) is 6.88. The summed E-state index contributed by atoms with van der Waals surface area (Å²) in [5, 5.41) is 17.9. The minimum Gasteiger partial charge on any atom is -0.497 e. The normalized spacial score (nSPS) is 21.5. The fourth-order valence-electron chi connectivity index (χ4n) is 4.69. The van der Waals surface area contributed by atoms with E-state index in [2.05, 4.69) is 37.5 Å². The molecule has 196 valence electrons. The van der Waals surface area contributed by atoms with Gasteiger partial charge in [0.05, 0.1) is 13.7 Å². The molecule has 0 saturated carbocycles. The van der Waals surface area contributed by atoms with E-state index >= 15 is 0 Å². The molecule has 4 amide bonds. The van der Waals surface area contributed by atoms with Crippen LogP contribution in [0, 0.1) is 11.8 Å². The molecule has 2 saturated heterocycles. The maximum atomic E-state index is 13.1. The number of likely N-dealkylation sites (N-methyl/N-ethyl adjacent to an activating group) is 1. The second kappa shape index (κ2) is 10.0. The Morgan fingerprint density at radius 2 is 1.97 bits per heavy atom. The third-order valence-corrected chi connectivity index (χ3v) is 6.88. The Labute approximate surface area is 219 Å². The Kier molecular flexibility index (Phi) is 6.61. The first-order chi connectivity index (χ1) is 18.3. The molecule has 38 heavy (non-hydrogen) atoms. The van der Waals surface area contributed by atoms with Gasteiger partial charge in [-0.1, -0.05) is 23.1 Å². The highest BCUT2D eigenvalue weighted by molar-refractivity contribution is 6.10. The average Bonchev–Trinajstić information content (AvgIpc) is 3.38. The molecule has 2 fully saturated rings. The van der Waals surface area contributed by atoms with Crippen molar-refractivity contribution in [2.24, 2.45) is 5.16 Å². The Morgan fingerprint density at radius 3 is 2.61 bits per heavy atom. The highest BCUT2D eigenvalue weighted by Gasteiger charge is 2.48. The molecule has 0 aliphatic carbocycles. The van der Waals surface area contributed by atoms with Crippen LogP contribution in [0.3, 0.4) is 0 Å². The summed E-state index contributed by atoms with van der Waals surface area (Å²) in [6, 6.07) is 7.93. The maximum Gasteiger partial charge on any atom is 0.323 e. The monoisotopic (exact) mass is 517 g/mol. The zero-order chi connectivity index (χ0) is 26.9. The number of urea groups is 1. The van der Waals surface area contributed by atoms with Gasteiger partial charge in [0.15, 0.2) is 5.84 Å². The maximum absolute atomic E-state index is 13.1. The van der Waals surface area contributed by atoms with Crippen LogP contribution < -0.4 is 15.4 Å². The van der Waals surface area contributed by atoms with E-state index in [0.717, 1.165) is 18.7 Å². The Hall–Kier alpha value is -4.63. The number of hydrogen-bond acceptors (Lipinski definition) is 8. The standard InChI is InChI=1S/C26H27N7O5/c1-31-9-11-32(12-10-31)22(30-37)21-6-3-17(14-27-21)7-8-26(24(35)28-25(36)29-26)16-33-15-18-4-5-19(38-2)13-20(18)23(33)34/h3-6,13-14,37H,9-12,15-16H2,1-2H3,(H2,28,29,35,36)/t26-/m1/s1. The highest BCUT2D eigenvalue weighted by Crippen LogP contribution is 2.28. The lowest BCUT2D eigenvalue weighted by Gasteiger charge is -2.33. The summed E-state index contributed by atoms with van der Waals surface area (Å²) in [6.45, 7) is 3.25. The number of ether oxygens (including phenoxy) is 1. The molecule has 0 spiro atoms. The number of imide groups is 1. The fraction of sp³-hybridized carbons (Fsp3) is 0.346. The number of amides is 4. The summed E-state index contributed by atoms with van der Waals surface area (Å²) in [7, 11) is 3.56. The van der Waals surface area contributed by atoms with Crippen LogP contribution in [0.1, 0.15) is 27.2 Å². The van der Waals surface area contributed by atoms with Gasteiger partial charge in [0, 0.05) is 50.0 Å². The van der Waals surface area contributed by atoms with Crippen LogP contribution in [-0.2, 0) is 11.3 Å². The van der Waals surface area contributed by atoms with Crippen LogP contribution in [0.25, 0.3) is 0 Å². The SMILES string of the molecule is COc1ccc2c(c1)C(=O)N(C[C@@]1(C#Cc3ccc(C(=NO)N4CCN(C)CC4)nc3)NC(=O)NC1=O)C2. The number of pyridine rings is 1. The van der Waals surface area contributed by atoms with E-state index in [-0.39, 0.29) is 19.0 Å². The lowest BCUT2D eigenvalue weighted by atomic mass is 9.99. The number of piperazine rings is 1. The quantitative estimate of drug-likeness (QED) is 0.129. The van der Waals surface area contributed by atoms with Crippen LogP contribution in [0.5, 0.6) is 5.75 Å². The van der Waals surface area contributed by atoms with Gasteiger partial charge in [-0.2, -0.15) is 0 Å². The number of hydrogen-bond donors (Lipinski definition) is 3. The van der Waals surface area contributed by atoms with Crippen molar-refractivity contribution >= 4 is 23.7 Å². The number of nitrogens with one attached hydrogen (secondary N) is 2. The van der Waals surface area contributed by atoms with Crippen molar-refractivity contribution in [2.45, 2.75) is 12.1 Å². The minimum absolute atomic E-state index is 0.135. The van der Waals surface area contributed by atoms with E-state index in [0.29, 0.717) is 41.5 Å². The molecule has 1 aromatic carbocycles. The van der Waals surface area contributed by atoms with E-state index in [1.807, 2.05) is 11.9 Å². The third kappa shape index (κ3) is 4.71. The largest absolute Gasteiger partial charge is 0.497 e. The molecule has 4 heterocycles.